The van der Waals surface area contributed by atoms with Gasteiger partial charge in [-0.05, 0) is 38.3 Å². The molecule has 0 saturated carbocycles. The van der Waals surface area contributed by atoms with Gasteiger partial charge in [0, 0.05) is 26.3 Å². The summed E-state index contributed by atoms with van der Waals surface area (Å²) in [5, 5.41) is 10.1. The molecule has 0 aromatic carbocycles. The van der Waals surface area contributed by atoms with Crippen LogP contribution in [-0.4, -0.2) is 35.7 Å². The van der Waals surface area contributed by atoms with Gasteiger partial charge in [-0.3, -0.25) is 4.79 Å². The van der Waals surface area contributed by atoms with Gasteiger partial charge in [0.05, 0.1) is 0 Å². The van der Waals surface area contributed by atoms with E-state index in [-0.39, 0.29) is 5.91 Å². The number of nitrogens with zero attached hydrogens (tertiary/aromatic N) is 2. The maximum atomic E-state index is 11.7. The predicted octanol–water partition coefficient (Wildman–Crippen LogP) is 0.817. The second-order valence-electron chi connectivity index (χ2n) is 5.08. The zero-order valence-electron chi connectivity index (χ0n) is 11.4. The van der Waals surface area contributed by atoms with Gasteiger partial charge < -0.3 is 15.2 Å². The number of carbonyl (C=O) groups excluding carboxylic acids is 1. The summed E-state index contributed by atoms with van der Waals surface area (Å²) in [5.41, 5.74) is 0. The van der Waals surface area contributed by atoms with Gasteiger partial charge in [-0.2, -0.15) is 4.98 Å². The van der Waals surface area contributed by atoms with Crippen molar-refractivity contribution in [2.75, 3.05) is 19.6 Å². The smallest absolute Gasteiger partial charge is 0.223 e. The van der Waals surface area contributed by atoms with Crippen molar-refractivity contribution in [1.29, 1.82) is 0 Å². The van der Waals surface area contributed by atoms with Crippen molar-refractivity contribution < 1.29 is 9.32 Å². The highest BCUT2D eigenvalue weighted by molar-refractivity contribution is 5.75. The topological polar surface area (TPSA) is 80.0 Å². The average molecular weight is 266 g/mol. The first kappa shape index (κ1) is 14.0. The van der Waals surface area contributed by atoms with E-state index in [9.17, 15) is 4.79 Å². The Bertz CT molecular complexity index is 399. The van der Waals surface area contributed by atoms with Gasteiger partial charge in [-0.1, -0.05) is 5.16 Å². The zero-order chi connectivity index (χ0) is 13.5. The van der Waals surface area contributed by atoms with E-state index in [0.717, 1.165) is 19.5 Å². The first-order valence-corrected chi connectivity index (χ1v) is 7.00. The number of amides is 1. The Labute approximate surface area is 113 Å². The van der Waals surface area contributed by atoms with Crippen LogP contribution < -0.4 is 10.6 Å². The summed E-state index contributed by atoms with van der Waals surface area (Å²) in [5.74, 6) is 1.98. The van der Waals surface area contributed by atoms with Gasteiger partial charge in [0.25, 0.3) is 0 Å². The number of hydrogen-bond donors (Lipinski definition) is 2. The van der Waals surface area contributed by atoms with Gasteiger partial charge in [-0.25, -0.2) is 0 Å². The van der Waals surface area contributed by atoms with Gasteiger partial charge in [0.15, 0.2) is 5.82 Å². The molecule has 2 heterocycles. The third kappa shape index (κ3) is 4.98. The molecule has 6 nitrogen and oxygen atoms in total. The fraction of sp³-hybridized carbons (Fsp3) is 0.769. The van der Waals surface area contributed by atoms with Crippen LogP contribution in [-0.2, 0) is 11.2 Å². The Morgan fingerprint density at radius 1 is 1.58 bits per heavy atom. The van der Waals surface area contributed by atoms with E-state index >= 15 is 0 Å². The maximum absolute atomic E-state index is 11.7. The zero-order valence-corrected chi connectivity index (χ0v) is 11.4. The molecule has 19 heavy (non-hydrogen) atoms. The monoisotopic (exact) mass is 266 g/mol. The highest BCUT2D eigenvalue weighted by atomic mass is 16.5. The number of hydrogen-bond acceptors (Lipinski definition) is 5. The van der Waals surface area contributed by atoms with Gasteiger partial charge in [-0.15, -0.1) is 0 Å². The summed E-state index contributed by atoms with van der Waals surface area (Å²) in [6, 6.07) is 0. The number of aromatic nitrogens is 2. The molecule has 0 bridgehead atoms. The lowest BCUT2D eigenvalue weighted by Crippen LogP contribution is -2.31. The fourth-order valence-electron chi connectivity index (χ4n) is 2.35. The van der Waals surface area contributed by atoms with Crippen molar-refractivity contribution >= 4 is 5.91 Å². The van der Waals surface area contributed by atoms with Crippen molar-refractivity contribution in [3.63, 3.8) is 0 Å². The van der Waals surface area contributed by atoms with Crippen molar-refractivity contribution in [3.8, 4) is 0 Å². The minimum absolute atomic E-state index is 0.116. The first-order chi connectivity index (χ1) is 9.24. The Morgan fingerprint density at radius 2 is 2.47 bits per heavy atom. The van der Waals surface area contributed by atoms with Crippen LogP contribution in [0.25, 0.3) is 0 Å². The summed E-state index contributed by atoms with van der Waals surface area (Å²) in [6.07, 6.45) is 4.66. The Hall–Kier alpha value is -1.43. The van der Waals surface area contributed by atoms with Crippen LogP contribution in [0.5, 0.6) is 0 Å². The number of carbonyl (C=O) groups is 1. The molecular weight excluding hydrogens is 244 g/mol. The van der Waals surface area contributed by atoms with Gasteiger partial charge >= 0.3 is 0 Å². The van der Waals surface area contributed by atoms with Crippen LogP contribution in [0.4, 0.5) is 0 Å². The molecule has 1 saturated heterocycles. The van der Waals surface area contributed by atoms with E-state index < -0.39 is 0 Å². The quantitative estimate of drug-likeness (QED) is 0.796. The van der Waals surface area contributed by atoms with Crippen LogP contribution in [0.15, 0.2) is 4.52 Å². The maximum Gasteiger partial charge on any atom is 0.223 e. The molecule has 6 heteroatoms. The van der Waals surface area contributed by atoms with Crippen LogP contribution in [0.3, 0.4) is 0 Å². The third-order valence-electron chi connectivity index (χ3n) is 3.42. The SMILES string of the molecule is Cc1nc(CCNC(=O)CCC2CCCNC2)no1. The largest absolute Gasteiger partial charge is 0.356 e. The number of piperidine rings is 1. The minimum atomic E-state index is 0.116. The average Bonchev–Trinajstić information content (AvgIpc) is 2.83. The number of aryl methyl sites for hydroxylation is 1. The Balaban J connectivity index is 1.56. The lowest BCUT2D eigenvalue weighted by molar-refractivity contribution is -0.121. The molecule has 1 aliphatic rings. The minimum Gasteiger partial charge on any atom is -0.356 e. The van der Waals surface area contributed by atoms with Crippen LogP contribution in [0.1, 0.15) is 37.4 Å². The summed E-state index contributed by atoms with van der Waals surface area (Å²) in [7, 11) is 0. The summed E-state index contributed by atoms with van der Waals surface area (Å²) >= 11 is 0. The molecule has 2 N–H and O–H groups in total. The summed E-state index contributed by atoms with van der Waals surface area (Å²) in [4.78, 5) is 15.8. The fourth-order valence-corrected chi connectivity index (χ4v) is 2.35. The predicted molar refractivity (Wildman–Crippen MR) is 70.6 cm³/mol. The normalized spacial score (nSPS) is 19.3. The van der Waals surface area contributed by atoms with E-state index in [2.05, 4.69) is 20.8 Å². The molecule has 1 atom stereocenters. The van der Waals surface area contributed by atoms with E-state index in [0.29, 0.717) is 37.0 Å². The van der Waals surface area contributed by atoms with E-state index in [1.165, 1.54) is 12.8 Å². The van der Waals surface area contributed by atoms with Gasteiger partial charge in [0.2, 0.25) is 11.8 Å². The van der Waals surface area contributed by atoms with Crippen molar-refractivity contribution in [1.82, 2.24) is 20.8 Å². The van der Waals surface area contributed by atoms with Crippen molar-refractivity contribution in [2.45, 2.75) is 39.0 Å². The molecule has 1 aromatic heterocycles. The lowest BCUT2D eigenvalue weighted by Gasteiger charge is -2.22. The highest BCUT2D eigenvalue weighted by Gasteiger charge is 2.14. The molecule has 2 rings (SSSR count). The second-order valence-corrected chi connectivity index (χ2v) is 5.08. The molecule has 0 aliphatic carbocycles. The number of rotatable bonds is 6. The summed E-state index contributed by atoms with van der Waals surface area (Å²) < 4.78 is 4.87. The second kappa shape index (κ2) is 7.23. The number of nitrogens with one attached hydrogen (secondary N) is 2. The van der Waals surface area contributed by atoms with Crippen LogP contribution >= 0.6 is 0 Å². The highest BCUT2D eigenvalue weighted by Crippen LogP contribution is 2.15. The first-order valence-electron chi connectivity index (χ1n) is 7.00. The molecule has 1 aliphatic heterocycles. The van der Waals surface area contributed by atoms with Gasteiger partial charge in [0.1, 0.15) is 0 Å². The van der Waals surface area contributed by atoms with E-state index in [1.54, 1.807) is 6.92 Å². The van der Waals surface area contributed by atoms with Crippen LogP contribution in [0, 0.1) is 12.8 Å². The molecule has 0 spiro atoms. The molecular formula is C13H22N4O2. The Morgan fingerprint density at radius 3 is 3.16 bits per heavy atom. The molecule has 1 aromatic rings. The molecule has 0 radical (unpaired) electrons. The Kier molecular flexibility index (Phi) is 5.32. The van der Waals surface area contributed by atoms with E-state index in [1.807, 2.05) is 0 Å². The lowest BCUT2D eigenvalue weighted by atomic mass is 9.94. The molecule has 1 amide bonds. The van der Waals surface area contributed by atoms with E-state index in [4.69, 9.17) is 4.52 Å². The summed E-state index contributed by atoms with van der Waals surface area (Å²) in [6.45, 7) is 4.50. The van der Waals surface area contributed by atoms with Crippen molar-refractivity contribution in [2.24, 2.45) is 5.92 Å². The standard InChI is InChI=1S/C13H22N4O2/c1-10-16-12(17-19-10)6-8-15-13(18)5-4-11-3-2-7-14-9-11/h11,14H,2-9H2,1H3,(H,15,18). The van der Waals surface area contributed by atoms with Crippen LogP contribution in [0.2, 0.25) is 0 Å². The van der Waals surface area contributed by atoms with Crippen molar-refractivity contribution in [3.05, 3.63) is 11.7 Å². The molecule has 1 fully saturated rings. The molecule has 1 unspecified atom stereocenters. The molecule has 106 valence electrons. The third-order valence-corrected chi connectivity index (χ3v) is 3.42.